The van der Waals surface area contributed by atoms with Crippen molar-refractivity contribution in [2.75, 3.05) is 5.32 Å². The van der Waals surface area contributed by atoms with Crippen LogP contribution in [-0.4, -0.2) is 28.3 Å². The molecule has 1 amide bonds. The largest absolute Gasteiger partial charge is 0.324 e. The Morgan fingerprint density at radius 1 is 1.14 bits per heavy atom. The third kappa shape index (κ3) is 3.18. The van der Waals surface area contributed by atoms with Crippen molar-refractivity contribution in [3.63, 3.8) is 0 Å². The molecule has 0 aliphatic rings. The van der Waals surface area contributed by atoms with Crippen molar-refractivity contribution in [1.29, 1.82) is 0 Å². The Labute approximate surface area is 165 Å². The van der Waals surface area contributed by atoms with E-state index in [1.165, 1.54) is 34.7 Å². The molecular formula is C19H17N5O4S. The first-order valence-corrected chi connectivity index (χ1v) is 10.1. The molecule has 0 saturated heterocycles. The Bertz CT molecular complexity index is 1450. The van der Waals surface area contributed by atoms with Gasteiger partial charge in [0.2, 0.25) is 10.0 Å². The second-order valence-electron chi connectivity index (χ2n) is 6.65. The van der Waals surface area contributed by atoms with Gasteiger partial charge in [-0.2, -0.15) is 0 Å². The van der Waals surface area contributed by atoms with Crippen LogP contribution in [0.1, 0.15) is 16.1 Å². The number of primary sulfonamides is 1. The molecule has 3 aromatic heterocycles. The summed E-state index contributed by atoms with van der Waals surface area (Å²) in [7, 11) is -2.16. The molecule has 4 rings (SSSR count). The van der Waals surface area contributed by atoms with Gasteiger partial charge < -0.3 is 9.88 Å². The van der Waals surface area contributed by atoms with E-state index in [9.17, 15) is 18.0 Å². The predicted molar refractivity (Wildman–Crippen MR) is 108 cm³/mol. The quantitative estimate of drug-likeness (QED) is 0.526. The zero-order chi connectivity index (χ0) is 20.9. The van der Waals surface area contributed by atoms with Crippen LogP contribution in [0.15, 0.2) is 58.4 Å². The van der Waals surface area contributed by atoms with Gasteiger partial charge in [-0.3, -0.25) is 14.0 Å². The Hall–Kier alpha value is -3.50. The molecule has 0 bridgehead atoms. The summed E-state index contributed by atoms with van der Waals surface area (Å²) in [6.07, 6.45) is 1.64. The van der Waals surface area contributed by atoms with Gasteiger partial charge >= 0.3 is 0 Å². The molecule has 10 heteroatoms. The number of anilines is 1. The predicted octanol–water partition coefficient (Wildman–Crippen LogP) is 1.39. The van der Waals surface area contributed by atoms with E-state index in [1.54, 1.807) is 23.9 Å². The third-order valence-corrected chi connectivity index (χ3v) is 5.63. The number of carbonyl (C=O) groups excluding carboxylic acids is 1. The lowest BCUT2D eigenvalue weighted by molar-refractivity contribution is 0.101. The van der Waals surface area contributed by atoms with Crippen molar-refractivity contribution in [1.82, 2.24) is 14.0 Å². The average molecular weight is 411 g/mol. The first-order chi connectivity index (χ1) is 13.7. The fourth-order valence-electron chi connectivity index (χ4n) is 3.17. The summed E-state index contributed by atoms with van der Waals surface area (Å²) in [4.78, 5) is 30.1. The third-order valence-electron chi connectivity index (χ3n) is 4.70. The highest BCUT2D eigenvalue weighted by atomic mass is 32.2. The van der Waals surface area contributed by atoms with Crippen molar-refractivity contribution >= 4 is 38.3 Å². The lowest BCUT2D eigenvalue weighted by Crippen LogP contribution is -2.16. The number of fused-ring (bicyclic) bond motifs is 2. The summed E-state index contributed by atoms with van der Waals surface area (Å²) in [6.45, 7) is 1.86. The topological polar surface area (TPSA) is 129 Å². The smallest absolute Gasteiger partial charge is 0.272 e. The number of aryl methyl sites for hydroxylation is 2. The van der Waals surface area contributed by atoms with Gasteiger partial charge in [0.05, 0.1) is 10.3 Å². The molecule has 0 atom stereocenters. The van der Waals surface area contributed by atoms with Crippen molar-refractivity contribution in [2.24, 2.45) is 12.2 Å². The van der Waals surface area contributed by atoms with E-state index in [4.69, 9.17) is 5.14 Å². The maximum Gasteiger partial charge on any atom is 0.272 e. The Morgan fingerprint density at radius 3 is 2.48 bits per heavy atom. The van der Waals surface area contributed by atoms with Crippen LogP contribution in [0, 0.1) is 6.92 Å². The average Bonchev–Trinajstić information content (AvgIpc) is 3.00. The lowest BCUT2D eigenvalue weighted by atomic mass is 10.2. The summed E-state index contributed by atoms with van der Waals surface area (Å²) in [6, 6.07) is 10.6. The number of hydrogen-bond acceptors (Lipinski definition) is 5. The normalized spacial score (nSPS) is 11.8. The molecule has 1 aromatic carbocycles. The molecule has 29 heavy (non-hydrogen) atoms. The zero-order valence-corrected chi connectivity index (χ0v) is 16.4. The molecule has 0 saturated carbocycles. The number of aromatic nitrogens is 3. The van der Waals surface area contributed by atoms with Crippen LogP contribution in [-0.2, 0) is 17.1 Å². The molecule has 3 heterocycles. The number of nitrogens with two attached hydrogens (primary N) is 1. The van der Waals surface area contributed by atoms with Crippen LogP contribution >= 0.6 is 0 Å². The van der Waals surface area contributed by atoms with Gasteiger partial charge in [-0.25, -0.2) is 18.5 Å². The van der Waals surface area contributed by atoms with Crippen LogP contribution in [0.4, 0.5) is 5.69 Å². The number of rotatable bonds is 3. The van der Waals surface area contributed by atoms with Crippen LogP contribution in [0.3, 0.4) is 0 Å². The molecular weight excluding hydrogens is 394 g/mol. The fourth-order valence-corrected chi connectivity index (χ4v) is 3.69. The number of nitrogens with one attached hydrogen (secondary N) is 1. The minimum absolute atomic E-state index is 0.0561. The molecule has 0 aliphatic carbocycles. The molecule has 4 aromatic rings. The van der Waals surface area contributed by atoms with Crippen LogP contribution in [0.25, 0.3) is 16.7 Å². The Balaban J connectivity index is 1.76. The molecule has 0 spiro atoms. The van der Waals surface area contributed by atoms with Gasteiger partial charge in [-0.1, -0.05) is 6.07 Å². The standard InChI is InChI=1S/C19H17N5O4S/c1-11-4-3-9-24-16(11)22-17-14(19(24)26)10-15(23(17)2)18(25)21-12-5-7-13(8-6-12)29(20,27)28/h3-10H,1-2H3,(H,21,25)(H2,20,27,28). The Morgan fingerprint density at radius 2 is 1.83 bits per heavy atom. The first kappa shape index (κ1) is 18.8. The second-order valence-corrected chi connectivity index (χ2v) is 8.21. The minimum Gasteiger partial charge on any atom is -0.324 e. The number of pyridine rings is 1. The SMILES string of the molecule is Cc1cccn2c(=O)c3cc(C(=O)Nc4ccc(S(N)(=O)=O)cc4)n(C)c3nc12. The monoisotopic (exact) mass is 411 g/mol. The molecule has 3 N–H and O–H groups in total. The number of hydrogen-bond donors (Lipinski definition) is 2. The van der Waals surface area contributed by atoms with Crippen LogP contribution in [0.2, 0.25) is 0 Å². The molecule has 148 valence electrons. The highest BCUT2D eigenvalue weighted by Crippen LogP contribution is 2.18. The number of carbonyl (C=O) groups is 1. The number of sulfonamides is 1. The maximum absolute atomic E-state index is 12.8. The van der Waals surface area contributed by atoms with E-state index in [-0.39, 0.29) is 16.1 Å². The van der Waals surface area contributed by atoms with Crippen molar-refractivity contribution in [3.05, 3.63) is 70.3 Å². The van der Waals surface area contributed by atoms with Crippen molar-refractivity contribution in [2.45, 2.75) is 11.8 Å². The molecule has 0 radical (unpaired) electrons. The lowest BCUT2D eigenvalue weighted by Gasteiger charge is -2.07. The summed E-state index contributed by atoms with van der Waals surface area (Å²) in [5, 5.41) is 8.08. The van der Waals surface area contributed by atoms with Gasteiger partial charge in [-0.15, -0.1) is 0 Å². The fraction of sp³-hybridized carbons (Fsp3) is 0.105. The summed E-state index contributed by atoms with van der Waals surface area (Å²) >= 11 is 0. The molecule has 0 unspecified atom stereocenters. The first-order valence-electron chi connectivity index (χ1n) is 8.58. The van der Waals surface area contributed by atoms with Gasteiger partial charge in [0.25, 0.3) is 11.5 Å². The van der Waals surface area contributed by atoms with Crippen molar-refractivity contribution in [3.8, 4) is 0 Å². The summed E-state index contributed by atoms with van der Waals surface area (Å²) < 4.78 is 25.7. The zero-order valence-electron chi connectivity index (χ0n) is 15.6. The van der Waals surface area contributed by atoms with E-state index >= 15 is 0 Å². The number of amides is 1. The van der Waals surface area contributed by atoms with E-state index < -0.39 is 15.9 Å². The summed E-state index contributed by atoms with van der Waals surface area (Å²) in [5.41, 5.74) is 2.14. The second kappa shape index (κ2) is 6.54. The highest BCUT2D eigenvalue weighted by Gasteiger charge is 2.18. The van der Waals surface area contributed by atoms with Gasteiger partial charge in [-0.05, 0) is 48.9 Å². The Kier molecular flexibility index (Phi) is 4.25. The molecule has 0 aliphatic heterocycles. The molecule has 0 fully saturated rings. The van der Waals surface area contributed by atoms with E-state index in [1.807, 2.05) is 13.0 Å². The highest BCUT2D eigenvalue weighted by molar-refractivity contribution is 7.89. The van der Waals surface area contributed by atoms with Crippen molar-refractivity contribution < 1.29 is 13.2 Å². The number of benzene rings is 1. The van der Waals surface area contributed by atoms with Crippen LogP contribution < -0.4 is 16.0 Å². The molecule has 9 nitrogen and oxygen atoms in total. The van der Waals surface area contributed by atoms with E-state index in [0.29, 0.717) is 22.4 Å². The van der Waals surface area contributed by atoms with Gasteiger partial charge in [0, 0.05) is 18.9 Å². The van der Waals surface area contributed by atoms with E-state index in [2.05, 4.69) is 10.3 Å². The summed E-state index contributed by atoms with van der Waals surface area (Å²) in [5.74, 6) is -0.459. The minimum atomic E-state index is -3.81. The van der Waals surface area contributed by atoms with E-state index in [0.717, 1.165) is 5.56 Å². The number of nitrogens with zero attached hydrogens (tertiary/aromatic N) is 3. The van der Waals surface area contributed by atoms with Crippen LogP contribution in [0.5, 0.6) is 0 Å². The maximum atomic E-state index is 12.8. The van der Waals surface area contributed by atoms with Gasteiger partial charge in [0.15, 0.2) is 0 Å². The van der Waals surface area contributed by atoms with Gasteiger partial charge in [0.1, 0.15) is 17.0 Å².